The Labute approximate surface area is 117 Å². The Bertz CT molecular complexity index is 500. The molecule has 0 spiro atoms. The quantitative estimate of drug-likeness (QED) is 0.857. The van der Waals surface area contributed by atoms with Gasteiger partial charge in [0.05, 0.1) is 18.1 Å². The number of hydrogen-bond donors (Lipinski definition) is 2. The number of carboxylic acids is 1. The Hall–Kier alpha value is -1.88. The van der Waals surface area contributed by atoms with Crippen molar-refractivity contribution in [3.05, 3.63) is 35.4 Å². The van der Waals surface area contributed by atoms with Crippen molar-refractivity contribution in [3.63, 3.8) is 0 Å². The number of hydrogen-bond acceptors (Lipinski definition) is 3. The molecule has 0 heterocycles. The van der Waals surface area contributed by atoms with Gasteiger partial charge in [0.25, 0.3) is 0 Å². The van der Waals surface area contributed by atoms with E-state index in [1.54, 1.807) is 25.3 Å². The maximum Gasteiger partial charge on any atom is 0.335 e. The minimum Gasteiger partial charge on any atom is -0.478 e. The van der Waals surface area contributed by atoms with Crippen LogP contribution in [-0.2, 0) is 16.0 Å². The van der Waals surface area contributed by atoms with Gasteiger partial charge in [0, 0.05) is 13.2 Å². The number of nitrogens with one attached hydrogen (secondary N) is 1. The predicted molar refractivity (Wildman–Crippen MR) is 73.7 cm³/mol. The monoisotopic (exact) mass is 277 g/mol. The second kappa shape index (κ2) is 6.52. The first-order valence-corrected chi connectivity index (χ1v) is 6.73. The number of carbonyl (C=O) groups excluding carboxylic acids is 1. The number of carboxylic acid groups (broad SMARTS) is 1. The highest BCUT2D eigenvalue weighted by Gasteiger charge is 2.25. The van der Waals surface area contributed by atoms with Crippen LogP contribution in [-0.4, -0.2) is 36.2 Å². The molecule has 1 aromatic carbocycles. The van der Waals surface area contributed by atoms with Crippen LogP contribution in [0.5, 0.6) is 0 Å². The zero-order chi connectivity index (χ0) is 14.5. The van der Waals surface area contributed by atoms with Gasteiger partial charge in [-0.1, -0.05) is 18.2 Å². The summed E-state index contributed by atoms with van der Waals surface area (Å²) in [6.45, 7) is 0. The first-order chi connectivity index (χ1) is 9.60. The van der Waals surface area contributed by atoms with E-state index in [0.717, 1.165) is 19.3 Å². The van der Waals surface area contributed by atoms with Crippen LogP contribution < -0.4 is 5.32 Å². The highest BCUT2D eigenvalue weighted by atomic mass is 16.5. The number of carbonyl (C=O) groups is 2. The molecule has 0 saturated heterocycles. The Morgan fingerprint density at radius 2 is 2.10 bits per heavy atom. The van der Waals surface area contributed by atoms with Gasteiger partial charge in [-0.25, -0.2) is 4.79 Å². The maximum absolute atomic E-state index is 12.0. The molecule has 1 amide bonds. The van der Waals surface area contributed by atoms with Gasteiger partial charge in [0.2, 0.25) is 5.91 Å². The molecule has 0 aromatic heterocycles. The molecular weight excluding hydrogens is 258 g/mol. The van der Waals surface area contributed by atoms with Gasteiger partial charge in [-0.3, -0.25) is 4.79 Å². The normalized spacial score (nSPS) is 21.6. The van der Waals surface area contributed by atoms with Crippen LogP contribution in [0.2, 0.25) is 0 Å². The first-order valence-electron chi connectivity index (χ1n) is 6.73. The van der Waals surface area contributed by atoms with Crippen LogP contribution >= 0.6 is 0 Å². The molecule has 20 heavy (non-hydrogen) atoms. The highest BCUT2D eigenvalue weighted by molar-refractivity contribution is 5.91. The third kappa shape index (κ3) is 3.57. The summed E-state index contributed by atoms with van der Waals surface area (Å²) in [4.78, 5) is 23.1. The summed E-state index contributed by atoms with van der Waals surface area (Å²) in [7, 11) is 1.68. The minimum absolute atomic E-state index is 0.0939. The average Bonchev–Trinajstić information content (AvgIpc) is 2.86. The van der Waals surface area contributed by atoms with Gasteiger partial charge < -0.3 is 15.2 Å². The first kappa shape index (κ1) is 14.5. The lowest BCUT2D eigenvalue weighted by molar-refractivity contribution is -0.121. The second-order valence-corrected chi connectivity index (χ2v) is 5.07. The number of methoxy groups -OCH3 is 1. The molecule has 1 aliphatic rings. The van der Waals surface area contributed by atoms with E-state index in [1.807, 2.05) is 0 Å². The lowest BCUT2D eigenvalue weighted by atomic mass is 10.0. The van der Waals surface area contributed by atoms with Crippen LogP contribution in [0.15, 0.2) is 24.3 Å². The van der Waals surface area contributed by atoms with Gasteiger partial charge in [-0.05, 0) is 30.9 Å². The zero-order valence-corrected chi connectivity index (χ0v) is 11.5. The summed E-state index contributed by atoms with van der Waals surface area (Å²) in [5.74, 6) is -1.14. The van der Waals surface area contributed by atoms with Crippen molar-refractivity contribution in [1.29, 1.82) is 0 Å². The minimum atomic E-state index is -1.01. The molecule has 0 radical (unpaired) electrons. The fourth-order valence-electron chi connectivity index (χ4n) is 2.62. The molecule has 2 rings (SSSR count). The molecule has 0 aliphatic heterocycles. The number of ether oxygens (including phenoxy) is 1. The van der Waals surface area contributed by atoms with Crippen molar-refractivity contribution >= 4 is 11.9 Å². The molecule has 0 bridgehead atoms. The largest absolute Gasteiger partial charge is 0.478 e. The van der Waals surface area contributed by atoms with Gasteiger partial charge in [-0.15, -0.1) is 0 Å². The van der Waals surface area contributed by atoms with Gasteiger partial charge in [0.15, 0.2) is 0 Å². The van der Waals surface area contributed by atoms with Crippen molar-refractivity contribution in [2.75, 3.05) is 7.11 Å². The molecule has 5 heteroatoms. The van der Waals surface area contributed by atoms with Gasteiger partial charge in [0.1, 0.15) is 0 Å². The standard InChI is InChI=1S/C15H19NO4/c1-20-12-7-6-11(9-12)16-14(17)8-10-4-2-3-5-13(10)15(18)19/h2-5,11-12H,6-9H2,1H3,(H,16,17)(H,18,19). The number of amides is 1. The number of aromatic carboxylic acids is 1. The molecule has 2 unspecified atom stereocenters. The van der Waals surface area contributed by atoms with E-state index in [2.05, 4.69) is 5.32 Å². The molecule has 2 atom stereocenters. The van der Waals surface area contributed by atoms with E-state index in [1.165, 1.54) is 6.07 Å². The fraction of sp³-hybridized carbons (Fsp3) is 0.467. The third-order valence-electron chi connectivity index (χ3n) is 3.68. The Morgan fingerprint density at radius 1 is 1.35 bits per heavy atom. The Morgan fingerprint density at radius 3 is 2.75 bits per heavy atom. The van der Waals surface area contributed by atoms with E-state index >= 15 is 0 Å². The van der Waals surface area contributed by atoms with Crippen LogP contribution in [0, 0.1) is 0 Å². The van der Waals surface area contributed by atoms with E-state index in [4.69, 9.17) is 9.84 Å². The van der Waals surface area contributed by atoms with Gasteiger partial charge >= 0.3 is 5.97 Å². The van der Waals surface area contributed by atoms with Crippen molar-refractivity contribution in [2.24, 2.45) is 0 Å². The summed E-state index contributed by atoms with van der Waals surface area (Å²) >= 11 is 0. The van der Waals surface area contributed by atoms with Crippen molar-refractivity contribution in [2.45, 2.75) is 37.8 Å². The second-order valence-electron chi connectivity index (χ2n) is 5.07. The van der Waals surface area contributed by atoms with Gasteiger partial charge in [-0.2, -0.15) is 0 Å². The van der Waals surface area contributed by atoms with E-state index in [-0.39, 0.29) is 30.0 Å². The van der Waals surface area contributed by atoms with Crippen molar-refractivity contribution < 1.29 is 19.4 Å². The zero-order valence-electron chi connectivity index (χ0n) is 11.5. The average molecular weight is 277 g/mol. The Kier molecular flexibility index (Phi) is 4.74. The molecule has 1 aliphatic carbocycles. The molecule has 1 saturated carbocycles. The number of benzene rings is 1. The topological polar surface area (TPSA) is 75.6 Å². The van der Waals surface area contributed by atoms with E-state index in [0.29, 0.717) is 5.56 Å². The molecule has 108 valence electrons. The smallest absolute Gasteiger partial charge is 0.335 e. The summed E-state index contributed by atoms with van der Waals surface area (Å²) in [6, 6.07) is 6.72. The Balaban J connectivity index is 1.94. The summed E-state index contributed by atoms with van der Waals surface area (Å²) < 4.78 is 5.26. The maximum atomic E-state index is 12.0. The van der Waals surface area contributed by atoms with Crippen LogP contribution in [0.1, 0.15) is 35.2 Å². The van der Waals surface area contributed by atoms with Crippen LogP contribution in [0.4, 0.5) is 0 Å². The number of rotatable bonds is 5. The summed E-state index contributed by atoms with van der Waals surface area (Å²) in [5.41, 5.74) is 0.725. The molecular formula is C15H19NO4. The van der Waals surface area contributed by atoms with E-state index < -0.39 is 5.97 Å². The lowest BCUT2D eigenvalue weighted by Gasteiger charge is -2.13. The molecule has 2 N–H and O–H groups in total. The molecule has 5 nitrogen and oxygen atoms in total. The fourth-order valence-corrected chi connectivity index (χ4v) is 2.62. The predicted octanol–water partition coefficient (Wildman–Crippen LogP) is 1.61. The van der Waals surface area contributed by atoms with Crippen LogP contribution in [0.3, 0.4) is 0 Å². The molecule has 1 fully saturated rings. The SMILES string of the molecule is COC1CCC(NC(=O)Cc2ccccc2C(=O)O)C1. The van der Waals surface area contributed by atoms with Crippen molar-refractivity contribution in [3.8, 4) is 0 Å². The molecule has 1 aromatic rings. The van der Waals surface area contributed by atoms with Crippen LogP contribution in [0.25, 0.3) is 0 Å². The third-order valence-corrected chi connectivity index (χ3v) is 3.68. The summed E-state index contributed by atoms with van der Waals surface area (Å²) in [6.07, 6.45) is 2.99. The lowest BCUT2D eigenvalue weighted by Crippen LogP contribution is -2.34. The van der Waals surface area contributed by atoms with E-state index in [9.17, 15) is 9.59 Å². The summed E-state index contributed by atoms with van der Waals surface area (Å²) in [5, 5.41) is 12.0. The van der Waals surface area contributed by atoms with Crippen molar-refractivity contribution in [1.82, 2.24) is 5.32 Å². The highest BCUT2D eigenvalue weighted by Crippen LogP contribution is 2.21.